The van der Waals surface area contributed by atoms with E-state index in [-0.39, 0.29) is 50.2 Å². The zero-order valence-electron chi connectivity index (χ0n) is 50.9. The summed E-state index contributed by atoms with van der Waals surface area (Å²) >= 11 is 1.96. The van der Waals surface area contributed by atoms with Crippen molar-refractivity contribution in [3.8, 4) is 0 Å². The van der Waals surface area contributed by atoms with E-state index in [1.165, 1.54) is 184 Å². The molecule has 0 spiro atoms. The number of anilines is 8. The highest BCUT2D eigenvalue weighted by Gasteiger charge is 2.58. The number of benzene rings is 7. The van der Waals surface area contributed by atoms with E-state index >= 15 is 0 Å². The molecule has 0 bridgehead atoms. The van der Waals surface area contributed by atoms with Crippen molar-refractivity contribution in [2.45, 2.75) is 212 Å². The highest BCUT2D eigenvalue weighted by molar-refractivity contribution is 7.26. The summed E-state index contributed by atoms with van der Waals surface area (Å²) in [5.74, 6) is 0. The zero-order chi connectivity index (χ0) is 55.8. The summed E-state index contributed by atoms with van der Waals surface area (Å²) in [5, 5.41) is 2.73. The van der Waals surface area contributed by atoms with Crippen LogP contribution in [0.4, 0.5) is 45.5 Å². The summed E-state index contributed by atoms with van der Waals surface area (Å²) in [5.41, 5.74) is 27.0. The van der Waals surface area contributed by atoms with Gasteiger partial charge < -0.3 is 14.7 Å². The molecular formula is C75H84BN3S. The van der Waals surface area contributed by atoms with Gasteiger partial charge in [0.25, 0.3) is 6.71 Å². The Kier molecular flexibility index (Phi) is 10.4. The van der Waals surface area contributed by atoms with Gasteiger partial charge in [0.15, 0.2) is 0 Å². The molecule has 8 aromatic rings. The van der Waals surface area contributed by atoms with Crippen molar-refractivity contribution < 1.29 is 0 Å². The van der Waals surface area contributed by atoms with E-state index in [0.29, 0.717) is 0 Å². The Morgan fingerprint density at radius 1 is 0.375 bits per heavy atom. The average molecular weight is 1070 g/mol. The maximum atomic E-state index is 2.87. The number of nitrogens with zero attached hydrogens (tertiary/aromatic N) is 3. The third kappa shape index (κ3) is 6.79. The molecule has 7 aliphatic rings. The molecule has 7 aromatic carbocycles. The summed E-state index contributed by atoms with van der Waals surface area (Å²) in [4.78, 5) is 8.48. The van der Waals surface area contributed by atoms with E-state index in [1.807, 2.05) is 11.3 Å². The lowest BCUT2D eigenvalue weighted by Gasteiger charge is -2.51. The number of rotatable bonds is 3. The minimum absolute atomic E-state index is 0.00463. The van der Waals surface area contributed by atoms with E-state index in [2.05, 4.69) is 234 Å². The first-order chi connectivity index (χ1) is 37.7. The summed E-state index contributed by atoms with van der Waals surface area (Å²) in [6, 6.07) is 47.9. The summed E-state index contributed by atoms with van der Waals surface area (Å²) in [6.45, 7) is 37.7. The number of para-hydroxylation sites is 1. The Labute approximate surface area is 483 Å². The van der Waals surface area contributed by atoms with E-state index in [9.17, 15) is 0 Å². The van der Waals surface area contributed by atoms with Crippen LogP contribution in [0.15, 0.2) is 115 Å². The van der Waals surface area contributed by atoms with Crippen LogP contribution in [0.25, 0.3) is 20.2 Å². The molecule has 5 heteroatoms. The zero-order valence-corrected chi connectivity index (χ0v) is 51.7. The lowest BCUT2D eigenvalue weighted by Crippen LogP contribution is -2.62. The van der Waals surface area contributed by atoms with E-state index < -0.39 is 0 Å². The van der Waals surface area contributed by atoms with Crippen LogP contribution >= 0.6 is 11.3 Å². The smallest absolute Gasteiger partial charge is 0.252 e. The molecule has 3 nitrogen and oxygen atoms in total. The number of fused-ring (bicyclic) bond motifs is 13. The van der Waals surface area contributed by atoms with Crippen LogP contribution in [0.5, 0.6) is 0 Å². The normalized spacial score (nSPS) is 24.5. The highest BCUT2D eigenvalue weighted by atomic mass is 32.1. The Bertz CT molecular complexity index is 4010. The number of hydrogen-bond donors (Lipinski definition) is 0. The van der Waals surface area contributed by atoms with Crippen molar-refractivity contribution in [1.82, 2.24) is 0 Å². The molecule has 0 N–H and O–H groups in total. The Morgan fingerprint density at radius 3 is 1.57 bits per heavy atom. The predicted octanol–water partition coefficient (Wildman–Crippen LogP) is 19.2. The second-order valence-corrected chi connectivity index (χ2v) is 31.9. The summed E-state index contributed by atoms with van der Waals surface area (Å²) < 4.78 is 2.71. The molecule has 80 heavy (non-hydrogen) atoms. The van der Waals surface area contributed by atoms with Gasteiger partial charge >= 0.3 is 0 Å². The fraction of sp³-hybridized carbons (Fsp3) is 0.440. The molecule has 4 aliphatic carbocycles. The van der Waals surface area contributed by atoms with E-state index in [1.54, 1.807) is 0 Å². The number of aryl methyl sites for hydroxylation is 1. The monoisotopic (exact) mass is 1070 g/mol. The van der Waals surface area contributed by atoms with Crippen LogP contribution in [-0.2, 0) is 37.9 Å². The summed E-state index contributed by atoms with van der Waals surface area (Å²) in [6.07, 6.45) is 11.9. The molecular weight excluding hydrogens is 986 g/mol. The maximum absolute atomic E-state index is 2.87. The van der Waals surface area contributed by atoms with Gasteiger partial charge in [-0.15, -0.1) is 11.3 Å². The lowest BCUT2D eigenvalue weighted by molar-refractivity contribution is 0.195. The van der Waals surface area contributed by atoms with Crippen molar-refractivity contribution >= 4 is 100 Å². The van der Waals surface area contributed by atoms with Gasteiger partial charge in [-0.2, -0.15) is 0 Å². The maximum Gasteiger partial charge on any atom is 0.252 e. The SMILES string of the molecule is Cc1cc2c(cc1N1c3cc4sc5ccccc5c4cc3B3c4cc5c(cc4N(c4ccc6c(c4)C(C)(C)CCC6(C)C)c4cc(N6c7ccccc7C7(C)CCCCC67C)cc1c43)C(C)(C)CCC5(C)C)C(C)(C)CCC2(C)C. The molecule has 408 valence electrons. The van der Waals surface area contributed by atoms with Gasteiger partial charge in [-0.05, 0) is 219 Å². The van der Waals surface area contributed by atoms with Gasteiger partial charge in [0, 0.05) is 65.7 Å². The fourth-order valence-corrected chi connectivity index (χ4v) is 18.8. The molecule has 1 fully saturated rings. The highest BCUT2D eigenvalue weighted by Crippen LogP contribution is 2.63. The second kappa shape index (κ2) is 16.3. The molecule has 1 aromatic heterocycles. The lowest BCUT2D eigenvalue weighted by atomic mass is 9.33. The van der Waals surface area contributed by atoms with Gasteiger partial charge in [-0.3, -0.25) is 0 Å². The molecule has 3 aliphatic heterocycles. The first-order valence-electron chi connectivity index (χ1n) is 30.9. The number of thiophene rings is 1. The molecule has 2 atom stereocenters. The van der Waals surface area contributed by atoms with Gasteiger partial charge in [0.2, 0.25) is 0 Å². The first-order valence-corrected chi connectivity index (χ1v) is 31.7. The predicted molar refractivity (Wildman–Crippen MR) is 347 cm³/mol. The Balaban J connectivity index is 1.12. The van der Waals surface area contributed by atoms with Crippen molar-refractivity contribution in [2.75, 3.05) is 14.7 Å². The van der Waals surface area contributed by atoms with Gasteiger partial charge in [0.1, 0.15) is 0 Å². The van der Waals surface area contributed by atoms with Crippen LogP contribution in [0.2, 0.25) is 0 Å². The van der Waals surface area contributed by atoms with Crippen LogP contribution in [0.3, 0.4) is 0 Å². The summed E-state index contributed by atoms with van der Waals surface area (Å²) in [7, 11) is 0. The number of hydrogen-bond acceptors (Lipinski definition) is 4. The van der Waals surface area contributed by atoms with Crippen LogP contribution < -0.4 is 31.1 Å². The standard InChI is InChI=1S/C75H84BN3S/c1-45-36-52-55(72(10,11)34-32-69(52,4)5)42-60(45)78-62-44-66-49(48-22-16-19-25-65(48)80-66)40-57(62)76-58-41-54-56(73(12,13)35-33-71(54,8)9)43-61(58)77(46-26-27-50-53(37-46)70(6,7)31-30-68(50,2)3)63-38-47(39-64(78)67(63)76)79-59-24-18-17-23-51(59)74(14)28-20-21-29-75(74,79)15/h16-19,22-27,36-44H,20-21,28-35H2,1-15H3. The van der Waals surface area contributed by atoms with Crippen LogP contribution in [-0.4, -0.2) is 12.3 Å². The minimum Gasteiger partial charge on any atom is -0.334 e. The largest absolute Gasteiger partial charge is 0.334 e. The third-order valence-electron chi connectivity index (χ3n) is 23.3. The van der Waals surface area contributed by atoms with Crippen molar-refractivity contribution in [3.63, 3.8) is 0 Å². The second-order valence-electron chi connectivity index (χ2n) is 30.8. The Morgan fingerprint density at radius 2 is 0.900 bits per heavy atom. The van der Waals surface area contributed by atoms with Gasteiger partial charge in [-0.25, -0.2) is 0 Å². The van der Waals surface area contributed by atoms with Crippen molar-refractivity contribution in [1.29, 1.82) is 0 Å². The van der Waals surface area contributed by atoms with Crippen molar-refractivity contribution in [2.24, 2.45) is 0 Å². The fourth-order valence-electron chi connectivity index (χ4n) is 17.7. The van der Waals surface area contributed by atoms with Crippen molar-refractivity contribution in [3.05, 3.63) is 160 Å². The van der Waals surface area contributed by atoms with Crippen LogP contribution in [0.1, 0.15) is 206 Å². The third-order valence-corrected chi connectivity index (χ3v) is 24.4. The van der Waals surface area contributed by atoms with Crippen LogP contribution in [0, 0.1) is 6.92 Å². The minimum atomic E-state index is -0.124. The van der Waals surface area contributed by atoms with E-state index in [4.69, 9.17) is 0 Å². The molecule has 0 radical (unpaired) electrons. The Hall–Kier alpha value is -5.78. The molecule has 2 unspecified atom stereocenters. The van der Waals surface area contributed by atoms with Gasteiger partial charge in [0.05, 0.1) is 5.54 Å². The molecule has 0 saturated heterocycles. The molecule has 4 heterocycles. The molecule has 1 saturated carbocycles. The topological polar surface area (TPSA) is 9.72 Å². The first kappa shape index (κ1) is 51.1. The quantitative estimate of drug-likeness (QED) is 0.163. The molecule has 0 amide bonds. The van der Waals surface area contributed by atoms with Gasteiger partial charge in [-0.1, -0.05) is 164 Å². The molecule has 15 rings (SSSR count). The average Bonchev–Trinajstić information content (AvgIpc) is 4.00. The van der Waals surface area contributed by atoms with E-state index in [0.717, 1.165) is 6.42 Å².